The lowest BCUT2D eigenvalue weighted by Gasteiger charge is -2.11. The summed E-state index contributed by atoms with van der Waals surface area (Å²) in [7, 11) is 0. The van der Waals surface area contributed by atoms with E-state index in [4.69, 9.17) is 11.7 Å². The van der Waals surface area contributed by atoms with E-state index >= 15 is 0 Å². The Morgan fingerprint density at radius 1 is 0.955 bits per heavy atom. The number of hydrazine groups is 2. The third-order valence-corrected chi connectivity index (χ3v) is 2.55. The topological polar surface area (TPSA) is 114 Å². The van der Waals surface area contributed by atoms with Crippen LogP contribution in [0.5, 0.6) is 0 Å². The quantitative estimate of drug-likeness (QED) is 0.333. The number of nitrogen functional groups attached to an aromatic ring is 2. The monoisotopic (exact) mass is 317 g/mol. The second-order valence-corrected chi connectivity index (χ2v) is 4.07. The molecule has 0 aliphatic rings. The molecule has 7 N–H and O–H groups in total. The van der Waals surface area contributed by atoms with Gasteiger partial charge in [0.25, 0.3) is 0 Å². The number of anilines is 4. The van der Waals surface area contributed by atoms with Crippen molar-refractivity contribution in [2.75, 3.05) is 16.2 Å². The van der Waals surface area contributed by atoms with E-state index in [0.29, 0.717) is 12.1 Å². The van der Waals surface area contributed by atoms with E-state index in [2.05, 4.69) is 26.1 Å². The van der Waals surface area contributed by atoms with Crippen LogP contribution in [-0.2, 0) is 6.18 Å². The van der Waals surface area contributed by atoms with Gasteiger partial charge in [-0.15, -0.1) is 0 Å². The van der Waals surface area contributed by atoms with Crippen molar-refractivity contribution in [3.8, 4) is 0 Å². The van der Waals surface area contributed by atoms with Gasteiger partial charge < -0.3 is 16.2 Å². The molecular weight excluding hydrogens is 306 g/mol. The molecule has 0 aliphatic heterocycles. The molecular formula is C11H11F4N7. The van der Waals surface area contributed by atoms with Crippen LogP contribution in [0.1, 0.15) is 5.56 Å². The number of nitrogens with one attached hydrogen (secondary N) is 3. The Labute approximate surface area is 121 Å². The van der Waals surface area contributed by atoms with Gasteiger partial charge in [-0.25, -0.2) is 16.1 Å². The van der Waals surface area contributed by atoms with Crippen LogP contribution < -0.4 is 27.9 Å². The Bertz CT molecular complexity index is 652. The molecule has 1 aromatic carbocycles. The lowest BCUT2D eigenvalue weighted by molar-refractivity contribution is -0.139. The molecule has 1 aromatic heterocycles. The first-order valence-electron chi connectivity index (χ1n) is 5.79. The number of aromatic nitrogens is 2. The van der Waals surface area contributed by atoms with Crippen molar-refractivity contribution in [2.45, 2.75) is 6.18 Å². The van der Waals surface area contributed by atoms with Gasteiger partial charge in [-0.2, -0.15) is 23.1 Å². The number of halogens is 4. The van der Waals surface area contributed by atoms with Gasteiger partial charge in [0.2, 0.25) is 5.95 Å². The molecule has 1 heterocycles. The zero-order chi connectivity index (χ0) is 16.3. The number of hydrogen-bond acceptors (Lipinski definition) is 7. The lowest BCUT2D eigenvalue weighted by Crippen LogP contribution is -2.14. The highest BCUT2D eigenvalue weighted by molar-refractivity contribution is 5.59. The molecule has 22 heavy (non-hydrogen) atoms. The molecule has 118 valence electrons. The lowest BCUT2D eigenvalue weighted by atomic mass is 10.2. The molecule has 0 unspecified atom stereocenters. The van der Waals surface area contributed by atoms with Crippen molar-refractivity contribution in [1.82, 2.24) is 9.97 Å². The van der Waals surface area contributed by atoms with Crippen molar-refractivity contribution >= 4 is 23.3 Å². The summed E-state index contributed by atoms with van der Waals surface area (Å²) in [5.74, 6) is 9.34. The number of benzene rings is 1. The van der Waals surface area contributed by atoms with Crippen molar-refractivity contribution in [3.05, 3.63) is 35.6 Å². The maximum absolute atomic E-state index is 13.5. The molecule has 0 atom stereocenters. The Morgan fingerprint density at radius 3 is 2.00 bits per heavy atom. The van der Waals surface area contributed by atoms with E-state index < -0.39 is 17.6 Å². The molecule has 0 fully saturated rings. The fourth-order valence-electron chi connectivity index (χ4n) is 1.60. The number of alkyl halides is 3. The molecule has 0 spiro atoms. The highest BCUT2D eigenvalue weighted by Crippen LogP contribution is 2.32. The van der Waals surface area contributed by atoms with Gasteiger partial charge in [0, 0.05) is 11.8 Å². The maximum atomic E-state index is 13.5. The summed E-state index contributed by atoms with van der Waals surface area (Å²) < 4.78 is 50.9. The molecule has 0 saturated heterocycles. The van der Waals surface area contributed by atoms with E-state index in [9.17, 15) is 17.6 Å². The van der Waals surface area contributed by atoms with Crippen molar-refractivity contribution in [3.63, 3.8) is 0 Å². The SMILES string of the molecule is NNc1cc(NN)nc(Nc2ccc(C(F)(F)F)c(F)c2)n1. The molecule has 7 nitrogen and oxygen atoms in total. The number of rotatable bonds is 4. The Morgan fingerprint density at radius 2 is 1.55 bits per heavy atom. The Hall–Kier alpha value is -2.66. The first-order chi connectivity index (χ1) is 10.3. The van der Waals surface area contributed by atoms with Crippen molar-refractivity contribution in [1.29, 1.82) is 0 Å². The summed E-state index contributed by atoms with van der Waals surface area (Å²) >= 11 is 0. The van der Waals surface area contributed by atoms with Gasteiger partial charge in [-0.05, 0) is 18.2 Å². The zero-order valence-corrected chi connectivity index (χ0v) is 10.9. The van der Waals surface area contributed by atoms with Crippen LogP contribution >= 0.6 is 0 Å². The fraction of sp³-hybridized carbons (Fsp3) is 0.0909. The van der Waals surface area contributed by atoms with Gasteiger partial charge in [0.1, 0.15) is 17.5 Å². The molecule has 0 saturated carbocycles. The Kier molecular flexibility index (Phi) is 4.28. The van der Waals surface area contributed by atoms with Gasteiger partial charge in [0.15, 0.2) is 0 Å². The summed E-state index contributed by atoms with van der Waals surface area (Å²) in [5.41, 5.74) is 3.19. The molecule has 2 rings (SSSR count). The van der Waals surface area contributed by atoms with Crippen molar-refractivity contribution < 1.29 is 17.6 Å². The van der Waals surface area contributed by atoms with Crippen LogP contribution in [0.2, 0.25) is 0 Å². The van der Waals surface area contributed by atoms with Gasteiger partial charge >= 0.3 is 6.18 Å². The summed E-state index contributed by atoms with van der Waals surface area (Å²) in [5, 5.41) is 2.55. The highest BCUT2D eigenvalue weighted by Gasteiger charge is 2.33. The zero-order valence-electron chi connectivity index (χ0n) is 10.9. The van der Waals surface area contributed by atoms with E-state index in [1.165, 1.54) is 6.07 Å². The van der Waals surface area contributed by atoms with E-state index in [1.807, 2.05) is 0 Å². The van der Waals surface area contributed by atoms with Crippen LogP contribution in [0.25, 0.3) is 0 Å². The maximum Gasteiger partial charge on any atom is 0.419 e. The average molecular weight is 317 g/mol. The second kappa shape index (κ2) is 5.99. The van der Waals surface area contributed by atoms with Crippen LogP contribution in [0, 0.1) is 5.82 Å². The average Bonchev–Trinajstić information content (AvgIpc) is 2.45. The molecule has 11 heteroatoms. The summed E-state index contributed by atoms with van der Waals surface area (Å²) in [6.07, 6.45) is -4.76. The smallest absolute Gasteiger partial charge is 0.324 e. The Balaban J connectivity index is 2.30. The molecule has 0 radical (unpaired) electrons. The normalized spacial score (nSPS) is 11.2. The van der Waals surface area contributed by atoms with E-state index in [1.54, 1.807) is 0 Å². The first-order valence-corrected chi connectivity index (χ1v) is 5.79. The highest BCUT2D eigenvalue weighted by atomic mass is 19.4. The minimum absolute atomic E-state index is 0.0302. The van der Waals surface area contributed by atoms with E-state index in [0.717, 1.165) is 6.07 Å². The second-order valence-electron chi connectivity index (χ2n) is 4.07. The predicted octanol–water partition coefficient (Wildman–Crippen LogP) is 1.95. The van der Waals surface area contributed by atoms with Crippen LogP contribution in [0.3, 0.4) is 0 Å². The summed E-state index contributed by atoms with van der Waals surface area (Å²) in [6.45, 7) is 0. The minimum Gasteiger partial charge on any atom is -0.324 e. The summed E-state index contributed by atoms with van der Waals surface area (Å²) in [6, 6.07) is 3.74. The van der Waals surface area contributed by atoms with Crippen LogP contribution in [0.15, 0.2) is 24.3 Å². The largest absolute Gasteiger partial charge is 0.419 e. The number of nitrogens with zero attached hydrogens (tertiary/aromatic N) is 2. The predicted molar refractivity (Wildman–Crippen MR) is 72.3 cm³/mol. The van der Waals surface area contributed by atoms with E-state index in [-0.39, 0.29) is 23.3 Å². The van der Waals surface area contributed by atoms with Gasteiger partial charge in [0.05, 0.1) is 5.56 Å². The van der Waals surface area contributed by atoms with Gasteiger partial charge in [-0.1, -0.05) is 0 Å². The molecule has 2 aromatic rings. The van der Waals surface area contributed by atoms with Gasteiger partial charge in [-0.3, -0.25) is 0 Å². The summed E-state index contributed by atoms with van der Waals surface area (Å²) in [4.78, 5) is 7.79. The van der Waals surface area contributed by atoms with Crippen LogP contribution in [0.4, 0.5) is 40.8 Å². The fourth-order valence-corrected chi connectivity index (χ4v) is 1.60. The molecule has 0 bridgehead atoms. The minimum atomic E-state index is -4.76. The standard InChI is InChI=1S/C11H11F4N7/c12-7-3-5(1-2-6(7)11(13,14)15)18-10-19-8(21-16)4-9(20-10)22-17/h1-4H,16-17H2,(H3,18,19,20,21,22). The third kappa shape index (κ3) is 3.51. The van der Waals surface area contributed by atoms with Crippen LogP contribution in [-0.4, -0.2) is 9.97 Å². The first kappa shape index (κ1) is 15.7. The number of nitrogens with two attached hydrogens (primary N) is 2. The van der Waals surface area contributed by atoms with Crippen molar-refractivity contribution in [2.24, 2.45) is 11.7 Å². The molecule has 0 amide bonds. The third-order valence-electron chi connectivity index (χ3n) is 2.55. The number of hydrogen-bond donors (Lipinski definition) is 5. The molecule has 0 aliphatic carbocycles.